The Morgan fingerprint density at radius 3 is 2.26 bits per heavy atom. The van der Waals surface area contributed by atoms with Crippen molar-refractivity contribution in [2.45, 2.75) is 0 Å². The first-order chi connectivity index (χ1) is 8.90. The van der Waals surface area contributed by atoms with Crippen molar-refractivity contribution in [1.82, 2.24) is 0 Å². The Balaban J connectivity index is 2.49. The Hall–Kier alpha value is -0.720. The van der Waals surface area contributed by atoms with Gasteiger partial charge >= 0.3 is 0 Å². The first-order valence-corrected chi connectivity index (χ1v) is 6.88. The Morgan fingerprint density at radius 2 is 1.63 bits per heavy atom. The van der Waals surface area contributed by atoms with Crippen LogP contribution in [0.4, 0.5) is 8.78 Å². The van der Waals surface area contributed by atoms with Gasteiger partial charge in [-0.15, -0.1) is 0 Å². The zero-order valence-corrected chi connectivity index (χ0v) is 12.9. The second-order valence-electron chi connectivity index (χ2n) is 3.70. The Kier molecular flexibility index (Phi) is 4.43. The Bertz CT molecular complexity index is 674. The summed E-state index contributed by atoms with van der Waals surface area (Å²) in [5, 5.41) is 0.267. The molecule has 0 saturated heterocycles. The van der Waals surface area contributed by atoms with Crippen LogP contribution in [0, 0.1) is 15.2 Å². The monoisotopic (exact) mass is 412 g/mol. The van der Waals surface area contributed by atoms with Crippen molar-refractivity contribution in [3.8, 4) is 0 Å². The SMILES string of the molecule is O=C(c1ccc(I)c(Cl)c1)c1cc(F)c(F)cc1Cl. The van der Waals surface area contributed by atoms with E-state index in [9.17, 15) is 13.6 Å². The maximum Gasteiger partial charge on any atom is 0.194 e. The van der Waals surface area contributed by atoms with Crippen molar-refractivity contribution in [3.05, 3.63) is 66.7 Å². The fourth-order valence-corrected chi connectivity index (χ4v) is 2.24. The summed E-state index contributed by atoms with van der Waals surface area (Å²) in [5.41, 5.74) is 0.163. The molecule has 1 nitrogen and oxygen atoms in total. The molecule has 0 unspecified atom stereocenters. The van der Waals surface area contributed by atoms with Crippen LogP contribution >= 0.6 is 45.8 Å². The van der Waals surface area contributed by atoms with E-state index in [4.69, 9.17) is 23.2 Å². The van der Waals surface area contributed by atoms with Gasteiger partial charge in [-0.25, -0.2) is 8.78 Å². The maximum atomic E-state index is 13.2. The van der Waals surface area contributed by atoms with Gasteiger partial charge in [0.2, 0.25) is 0 Å². The first kappa shape index (κ1) is 14.7. The molecule has 0 aliphatic heterocycles. The van der Waals surface area contributed by atoms with Gasteiger partial charge in [-0.2, -0.15) is 0 Å². The third-order valence-corrected chi connectivity index (χ3v) is 4.32. The highest BCUT2D eigenvalue weighted by Gasteiger charge is 2.17. The third-order valence-electron chi connectivity index (χ3n) is 2.44. The van der Waals surface area contributed by atoms with Crippen LogP contribution in [0.2, 0.25) is 10.0 Å². The molecule has 2 rings (SSSR count). The van der Waals surface area contributed by atoms with Crippen LogP contribution < -0.4 is 0 Å². The Morgan fingerprint density at radius 1 is 1.00 bits per heavy atom. The summed E-state index contributed by atoms with van der Waals surface area (Å²) in [4.78, 5) is 12.2. The van der Waals surface area contributed by atoms with Crippen LogP contribution in [-0.4, -0.2) is 5.78 Å². The summed E-state index contributed by atoms with van der Waals surface area (Å²) in [5.74, 6) is -2.73. The summed E-state index contributed by atoms with van der Waals surface area (Å²) in [6.45, 7) is 0. The molecule has 0 fully saturated rings. The van der Waals surface area contributed by atoms with Gasteiger partial charge in [0.1, 0.15) is 0 Å². The lowest BCUT2D eigenvalue weighted by atomic mass is 10.0. The highest BCUT2D eigenvalue weighted by Crippen LogP contribution is 2.25. The maximum absolute atomic E-state index is 13.2. The fraction of sp³-hybridized carbons (Fsp3) is 0. The molecule has 6 heteroatoms. The van der Waals surface area contributed by atoms with Crippen molar-refractivity contribution < 1.29 is 13.6 Å². The number of ketones is 1. The second-order valence-corrected chi connectivity index (χ2v) is 5.68. The van der Waals surface area contributed by atoms with Crippen molar-refractivity contribution in [1.29, 1.82) is 0 Å². The lowest BCUT2D eigenvalue weighted by Gasteiger charge is -2.06. The normalized spacial score (nSPS) is 10.6. The van der Waals surface area contributed by atoms with E-state index >= 15 is 0 Å². The van der Waals surface area contributed by atoms with Gasteiger partial charge < -0.3 is 0 Å². The molecule has 0 radical (unpaired) electrons. The van der Waals surface area contributed by atoms with E-state index in [0.29, 0.717) is 5.02 Å². The van der Waals surface area contributed by atoms with E-state index in [0.717, 1.165) is 15.7 Å². The molecule has 0 atom stereocenters. The number of halogens is 5. The molecule has 0 spiro atoms. The standard InChI is InChI=1S/C13H5Cl2F2IO/c14-8-5-11(17)10(16)4-7(8)13(19)6-1-2-12(18)9(15)3-6/h1-5H. The van der Waals surface area contributed by atoms with Gasteiger partial charge in [0.15, 0.2) is 17.4 Å². The minimum absolute atomic E-state index is 0.0992. The molecule has 0 aromatic heterocycles. The summed E-state index contributed by atoms with van der Waals surface area (Å²) in [7, 11) is 0. The molecule has 2 aromatic carbocycles. The quantitative estimate of drug-likeness (QED) is 0.380. The van der Waals surface area contributed by atoms with Crippen LogP contribution in [0.5, 0.6) is 0 Å². The largest absolute Gasteiger partial charge is 0.289 e. The highest BCUT2D eigenvalue weighted by molar-refractivity contribution is 14.1. The molecule has 0 amide bonds. The summed E-state index contributed by atoms with van der Waals surface area (Å²) in [6.07, 6.45) is 0. The third kappa shape index (κ3) is 3.07. The number of hydrogen-bond donors (Lipinski definition) is 0. The van der Waals surface area contributed by atoms with E-state index in [1.807, 2.05) is 22.6 Å². The molecule has 0 aliphatic rings. The van der Waals surface area contributed by atoms with Crippen molar-refractivity contribution in [3.63, 3.8) is 0 Å². The smallest absolute Gasteiger partial charge is 0.194 e. The van der Waals surface area contributed by atoms with E-state index in [1.54, 1.807) is 12.1 Å². The van der Waals surface area contributed by atoms with Crippen molar-refractivity contribution >= 4 is 51.6 Å². The predicted octanol–water partition coefficient (Wildman–Crippen LogP) is 5.11. The molecule has 0 saturated carbocycles. The minimum Gasteiger partial charge on any atom is -0.289 e. The average molecular weight is 413 g/mol. The van der Waals surface area contributed by atoms with Crippen LogP contribution in [0.15, 0.2) is 30.3 Å². The number of benzene rings is 2. The molecule has 98 valence electrons. The predicted molar refractivity (Wildman–Crippen MR) is 79.0 cm³/mol. The number of rotatable bonds is 2. The first-order valence-electron chi connectivity index (χ1n) is 5.04. The van der Waals surface area contributed by atoms with Crippen LogP contribution in [0.25, 0.3) is 0 Å². The van der Waals surface area contributed by atoms with Crippen LogP contribution in [0.1, 0.15) is 15.9 Å². The summed E-state index contributed by atoms with van der Waals surface area (Å²) in [6, 6.07) is 6.23. The summed E-state index contributed by atoms with van der Waals surface area (Å²) < 4.78 is 26.9. The molecule has 19 heavy (non-hydrogen) atoms. The van der Waals surface area contributed by atoms with Gasteiger partial charge in [0.25, 0.3) is 0 Å². The van der Waals surface area contributed by atoms with Crippen LogP contribution in [0.3, 0.4) is 0 Å². The van der Waals surface area contributed by atoms with E-state index < -0.39 is 17.4 Å². The second kappa shape index (κ2) is 5.73. The molecular formula is C13H5Cl2F2IO. The zero-order chi connectivity index (χ0) is 14.2. The van der Waals surface area contributed by atoms with Gasteiger partial charge in [0.05, 0.1) is 10.0 Å². The highest BCUT2D eigenvalue weighted by atomic mass is 127. The van der Waals surface area contributed by atoms with E-state index in [2.05, 4.69) is 0 Å². The molecule has 0 bridgehead atoms. The van der Waals surface area contributed by atoms with E-state index in [1.165, 1.54) is 6.07 Å². The van der Waals surface area contributed by atoms with Crippen LogP contribution in [-0.2, 0) is 0 Å². The van der Waals surface area contributed by atoms with Gasteiger partial charge in [-0.3, -0.25) is 4.79 Å². The van der Waals surface area contributed by atoms with Crippen molar-refractivity contribution in [2.75, 3.05) is 0 Å². The fourth-order valence-electron chi connectivity index (χ4n) is 1.49. The minimum atomic E-state index is -1.12. The van der Waals surface area contributed by atoms with Gasteiger partial charge in [-0.1, -0.05) is 23.2 Å². The van der Waals surface area contributed by atoms with Gasteiger partial charge in [-0.05, 0) is 52.9 Å². The topological polar surface area (TPSA) is 17.1 Å². The van der Waals surface area contributed by atoms with Crippen molar-refractivity contribution in [2.24, 2.45) is 0 Å². The lowest BCUT2D eigenvalue weighted by molar-refractivity contribution is 0.103. The number of hydrogen-bond acceptors (Lipinski definition) is 1. The molecule has 0 N–H and O–H groups in total. The van der Waals surface area contributed by atoms with Gasteiger partial charge in [0, 0.05) is 14.7 Å². The van der Waals surface area contributed by atoms with E-state index in [-0.39, 0.29) is 16.1 Å². The average Bonchev–Trinajstić information content (AvgIpc) is 2.36. The number of carbonyl (C=O) groups excluding carboxylic acids is 1. The Labute approximate surface area is 131 Å². The molecule has 0 heterocycles. The molecular weight excluding hydrogens is 408 g/mol. The molecule has 0 aliphatic carbocycles. The summed E-state index contributed by atoms with van der Waals surface area (Å²) >= 11 is 13.7. The number of carbonyl (C=O) groups is 1. The lowest BCUT2D eigenvalue weighted by Crippen LogP contribution is -2.04. The zero-order valence-electron chi connectivity index (χ0n) is 9.18. The molecule has 2 aromatic rings.